The molecule has 0 saturated heterocycles. The molecule has 3 rings (SSSR count). The summed E-state index contributed by atoms with van der Waals surface area (Å²) >= 11 is 1.59. The number of nitrogens with zero attached hydrogens (tertiary/aromatic N) is 1. The molecule has 4 nitrogen and oxygen atoms in total. The average molecular weight is 326 g/mol. The fourth-order valence-electron chi connectivity index (χ4n) is 2.37. The van der Waals surface area contributed by atoms with Gasteiger partial charge >= 0.3 is 0 Å². The molecule has 3 aromatic rings. The van der Waals surface area contributed by atoms with Gasteiger partial charge in [-0.2, -0.15) is 0 Å². The lowest BCUT2D eigenvalue weighted by Gasteiger charge is -2.06. The SMILES string of the molecule is COc1ccc(-c2nc(SC)[nH]c2-c2ccc(OC)cc2)cc1. The number of hydrogen-bond donors (Lipinski definition) is 1. The zero-order valence-electron chi connectivity index (χ0n) is 13.3. The predicted octanol–water partition coefficient (Wildman–Crippen LogP) is 4.48. The van der Waals surface area contributed by atoms with Crippen LogP contribution < -0.4 is 9.47 Å². The molecule has 0 bridgehead atoms. The Kier molecular flexibility index (Phi) is 4.57. The van der Waals surface area contributed by atoms with Gasteiger partial charge in [0.15, 0.2) is 5.16 Å². The van der Waals surface area contributed by atoms with Crippen molar-refractivity contribution in [1.82, 2.24) is 9.97 Å². The van der Waals surface area contributed by atoms with Gasteiger partial charge in [-0.15, -0.1) is 0 Å². The third kappa shape index (κ3) is 3.19. The van der Waals surface area contributed by atoms with Gasteiger partial charge in [-0.05, 0) is 54.8 Å². The molecule has 0 spiro atoms. The van der Waals surface area contributed by atoms with Crippen molar-refractivity contribution < 1.29 is 9.47 Å². The minimum absolute atomic E-state index is 0.834. The number of benzene rings is 2. The molecule has 23 heavy (non-hydrogen) atoms. The first-order valence-electron chi connectivity index (χ1n) is 7.18. The van der Waals surface area contributed by atoms with E-state index in [9.17, 15) is 0 Å². The number of rotatable bonds is 5. The number of H-pyrrole nitrogens is 1. The Morgan fingerprint density at radius 1 is 0.826 bits per heavy atom. The number of aromatic nitrogens is 2. The van der Waals surface area contributed by atoms with Crippen LogP contribution in [0, 0.1) is 0 Å². The van der Waals surface area contributed by atoms with Crippen LogP contribution in [0.15, 0.2) is 53.7 Å². The van der Waals surface area contributed by atoms with Gasteiger partial charge in [0.25, 0.3) is 0 Å². The minimum atomic E-state index is 0.834. The number of methoxy groups -OCH3 is 2. The van der Waals surface area contributed by atoms with Crippen LogP contribution >= 0.6 is 11.8 Å². The highest BCUT2D eigenvalue weighted by molar-refractivity contribution is 7.98. The molecule has 1 aromatic heterocycles. The first-order valence-corrected chi connectivity index (χ1v) is 8.40. The molecule has 0 amide bonds. The smallest absolute Gasteiger partial charge is 0.166 e. The molecule has 0 aliphatic heterocycles. The van der Waals surface area contributed by atoms with E-state index in [2.05, 4.69) is 4.98 Å². The van der Waals surface area contributed by atoms with Crippen molar-refractivity contribution in [2.45, 2.75) is 5.16 Å². The standard InChI is InChI=1S/C18H18N2O2S/c1-21-14-8-4-12(5-9-14)16-17(20-18(19-16)23-3)13-6-10-15(22-2)11-7-13/h4-11H,1-3H3,(H,19,20). The van der Waals surface area contributed by atoms with Crippen LogP contribution in [-0.2, 0) is 0 Å². The summed E-state index contributed by atoms with van der Waals surface area (Å²) in [5, 5.41) is 0.890. The van der Waals surface area contributed by atoms with Crippen molar-refractivity contribution in [3.05, 3.63) is 48.5 Å². The normalized spacial score (nSPS) is 10.6. The average Bonchev–Trinajstić information content (AvgIpc) is 3.06. The molecular formula is C18H18N2O2S. The molecule has 0 radical (unpaired) electrons. The number of ether oxygens (including phenoxy) is 2. The van der Waals surface area contributed by atoms with Crippen molar-refractivity contribution in [3.63, 3.8) is 0 Å². The summed E-state index contributed by atoms with van der Waals surface area (Å²) in [6, 6.07) is 15.9. The lowest BCUT2D eigenvalue weighted by molar-refractivity contribution is 0.414. The predicted molar refractivity (Wildman–Crippen MR) is 94.3 cm³/mol. The van der Waals surface area contributed by atoms with E-state index in [-0.39, 0.29) is 0 Å². The Morgan fingerprint density at radius 2 is 1.35 bits per heavy atom. The third-order valence-corrected chi connectivity index (χ3v) is 4.20. The highest BCUT2D eigenvalue weighted by Gasteiger charge is 2.14. The second kappa shape index (κ2) is 6.79. The van der Waals surface area contributed by atoms with Gasteiger partial charge in [0, 0.05) is 11.1 Å². The molecule has 5 heteroatoms. The van der Waals surface area contributed by atoms with E-state index in [1.54, 1.807) is 26.0 Å². The summed E-state index contributed by atoms with van der Waals surface area (Å²) in [6.07, 6.45) is 2.01. The van der Waals surface area contributed by atoms with Crippen LogP contribution in [0.2, 0.25) is 0 Å². The van der Waals surface area contributed by atoms with Crippen LogP contribution in [0.3, 0.4) is 0 Å². The van der Waals surface area contributed by atoms with Crippen LogP contribution in [0.4, 0.5) is 0 Å². The lowest BCUT2D eigenvalue weighted by Crippen LogP contribution is -1.87. The molecule has 0 fully saturated rings. The van der Waals surface area contributed by atoms with Gasteiger partial charge in [-0.25, -0.2) is 4.98 Å². The molecule has 118 valence electrons. The maximum absolute atomic E-state index is 5.23. The molecule has 0 aliphatic carbocycles. The summed E-state index contributed by atoms with van der Waals surface area (Å²) in [5.74, 6) is 1.67. The first kappa shape index (κ1) is 15.5. The molecule has 0 atom stereocenters. The lowest BCUT2D eigenvalue weighted by atomic mass is 10.0. The molecule has 0 unspecified atom stereocenters. The second-order valence-electron chi connectivity index (χ2n) is 4.93. The van der Waals surface area contributed by atoms with E-state index in [0.29, 0.717) is 0 Å². The largest absolute Gasteiger partial charge is 0.497 e. The second-order valence-corrected chi connectivity index (χ2v) is 5.72. The summed E-state index contributed by atoms with van der Waals surface area (Å²) in [4.78, 5) is 8.10. The van der Waals surface area contributed by atoms with Gasteiger partial charge in [0.1, 0.15) is 11.5 Å². The number of aromatic amines is 1. The number of hydrogen-bond acceptors (Lipinski definition) is 4. The van der Waals surface area contributed by atoms with Gasteiger partial charge in [0.2, 0.25) is 0 Å². The molecular weight excluding hydrogens is 308 g/mol. The van der Waals surface area contributed by atoms with Crippen molar-refractivity contribution >= 4 is 11.8 Å². The van der Waals surface area contributed by atoms with Crippen molar-refractivity contribution in [2.75, 3.05) is 20.5 Å². The van der Waals surface area contributed by atoms with Crippen LogP contribution in [0.5, 0.6) is 11.5 Å². The highest BCUT2D eigenvalue weighted by atomic mass is 32.2. The quantitative estimate of drug-likeness (QED) is 0.702. The maximum Gasteiger partial charge on any atom is 0.166 e. The summed E-state index contributed by atoms with van der Waals surface area (Å²) < 4.78 is 10.5. The summed E-state index contributed by atoms with van der Waals surface area (Å²) in [7, 11) is 3.33. The van der Waals surface area contributed by atoms with Crippen LogP contribution in [-0.4, -0.2) is 30.4 Å². The van der Waals surface area contributed by atoms with E-state index in [1.165, 1.54) is 0 Å². The van der Waals surface area contributed by atoms with Crippen molar-refractivity contribution in [1.29, 1.82) is 0 Å². The monoisotopic (exact) mass is 326 g/mol. The fraction of sp³-hybridized carbons (Fsp3) is 0.167. The number of imidazole rings is 1. The van der Waals surface area contributed by atoms with E-state index >= 15 is 0 Å². The Bertz CT molecular complexity index is 715. The van der Waals surface area contributed by atoms with Crippen LogP contribution in [0.1, 0.15) is 0 Å². The molecule has 0 saturated carbocycles. The first-order chi connectivity index (χ1) is 11.2. The molecule has 0 aliphatic rings. The zero-order chi connectivity index (χ0) is 16.2. The fourth-order valence-corrected chi connectivity index (χ4v) is 2.76. The molecule has 1 heterocycles. The van der Waals surface area contributed by atoms with E-state index in [1.807, 2.05) is 54.8 Å². The zero-order valence-corrected chi connectivity index (χ0v) is 14.1. The summed E-state index contributed by atoms with van der Waals surface area (Å²) in [6.45, 7) is 0. The number of nitrogens with one attached hydrogen (secondary N) is 1. The topological polar surface area (TPSA) is 47.1 Å². The molecule has 2 aromatic carbocycles. The third-order valence-electron chi connectivity index (χ3n) is 3.62. The van der Waals surface area contributed by atoms with E-state index in [4.69, 9.17) is 14.5 Å². The van der Waals surface area contributed by atoms with Crippen LogP contribution in [0.25, 0.3) is 22.5 Å². The van der Waals surface area contributed by atoms with Gasteiger partial charge in [-0.3, -0.25) is 0 Å². The van der Waals surface area contributed by atoms with Gasteiger partial charge < -0.3 is 14.5 Å². The number of thioether (sulfide) groups is 1. The Balaban J connectivity index is 2.06. The van der Waals surface area contributed by atoms with E-state index in [0.717, 1.165) is 39.2 Å². The Morgan fingerprint density at radius 3 is 1.83 bits per heavy atom. The Hall–Kier alpha value is -2.40. The minimum Gasteiger partial charge on any atom is -0.497 e. The highest BCUT2D eigenvalue weighted by Crippen LogP contribution is 2.33. The van der Waals surface area contributed by atoms with Gasteiger partial charge in [0.05, 0.1) is 25.6 Å². The van der Waals surface area contributed by atoms with Gasteiger partial charge in [-0.1, -0.05) is 11.8 Å². The Labute approximate surface area is 139 Å². The summed E-state index contributed by atoms with van der Waals surface area (Å²) in [5.41, 5.74) is 4.06. The molecule has 1 N–H and O–H groups in total. The van der Waals surface area contributed by atoms with Crippen molar-refractivity contribution in [2.24, 2.45) is 0 Å². The maximum atomic E-state index is 5.23. The van der Waals surface area contributed by atoms with Crippen molar-refractivity contribution in [3.8, 4) is 34.0 Å². The van der Waals surface area contributed by atoms with E-state index < -0.39 is 0 Å².